The van der Waals surface area contributed by atoms with Gasteiger partial charge in [-0.15, -0.1) is 0 Å². The normalized spacial score (nSPS) is 23.4. The molecule has 0 bridgehead atoms. The molecule has 0 fully saturated rings. The molecular weight excluding hydrogens is 146 g/mol. The van der Waals surface area contributed by atoms with Crippen LogP contribution >= 0.6 is 0 Å². The number of hydrogen-bond acceptors (Lipinski definition) is 1. The third-order valence-electron chi connectivity index (χ3n) is 2.60. The molecule has 0 heterocycles. The average molecular weight is 167 g/mol. The molecule has 0 N–H and O–H groups in total. The summed E-state index contributed by atoms with van der Waals surface area (Å²) in [6.07, 6.45) is 11.5. The van der Waals surface area contributed by atoms with E-state index in [-0.39, 0.29) is 0 Å². The Kier molecular flexibility index (Phi) is 4.37. The topological polar surface area (TPSA) is 3.24 Å². The van der Waals surface area contributed by atoms with Crippen molar-refractivity contribution < 1.29 is 0 Å². The van der Waals surface area contributed by atoms with Crippen LogP contribution in [0.3, 0.4) is 0 Å². The van der Waals surface area contributed by atoms with Gasteiger partial charge in [-0.05, 0) is 58.7 Å². The highest BCUT2D eigenvalue weighted by molar-refractivity contribution is 4.89. The molecule has 70 valence electrons. The van der Waals surface area contributed by atoms with Gasteiger partial charge in [0.15, 0.2) is 0 Å². The molecule has 0 saturated carbocycles. The van der Waals surface area contributed by atoms with Gasteiger partial charge in [0.05, 0.1) is 0 Å². The minimum absolute atomic E-state index is 0.981. The second-order valence-electron chi connectivity index (χ2n) is 4.10. The number of nitrogens with zero attached hydrogens (tertiary/aromatic N) is 1. The Hall–Kier alpha value is -0.300. The summed E-state index contributed by atoms with van der Waals surface area (Å²) in [6.45, 7) is 1.25. The SMILES string of the molecule is CN(C)CCCC1CC=CCC1. The first-order chi connectivity index (χ1) is 5.79. The fraction of sp³-hybridized carbons (Fsp3) is 0.818. The van der Waals surface area contributed by atoms with Crippen LogP contribution in [0.1, 0.15) is 32.1 Å². The number of rotatable bonds is 4. The minimum atomic E-state index is 0.981. The number of hydrogen-bond donors (Lipinski definition) is 0. The van der Waals surface area contributed by atoms with Gasteiger partial charge in [0.25, 0.3) is 0 Å². The Morgan fingerprint density at radius 1 is 1.33 bits per heavy atom. The lowest BCUT2D eigenvalue weighted by Gasteiger charge is -2.18. The molecule has 12 heavy (non-hydrogen) atoms. The van der Waals surface area contributed by atoms with Crippen molar-refractivity contribution in [3.8, 4) is 0 Å². The predicted octanol–water partition coefficient (Wildman–Crippen LogP) is 2.68. The lowest BCUT2D eigenvalue weighted by Crippen LogP contribution is -2.14. The van der Waals surface area contributed by atoms with Crippen LogP contribution in [0.4, 0.5) is 0 Å². The molecule has 1 atom stereocenters. The highest BCUT2D eigenvalue weighted by atomic mass is 15.0. The maximum absolute atomic E-state index is 2.35. The van der Waals surface area contributed by atoms with E-state index in [1.807, 2.05) is 0 Å². The van der Waals surface area contributed by atoms with Crippen molar-refractivity contribution in [2.75, 3.05) is 20.6 Å². The average Bonchev–Trinajstić information content (AvgIpc) is 2.05. The van der Waals surface area contributed by atoms with E-state index in [2.05, 4.69) is 31.1 Å². The molecular formula is C11H21N. The highest BCUT2D eigenvalue weighted by Crippen LogP contribution is 2.22. The maximum atomic E-state index is 2.35. The van der Waals surface area contributed by atoms with Crippen molar-refractivity contribution in [1.29, 1.82) is 0 Å². The lowest BCUT2D eigenvalue weighted by molar-refractivity contribution is 0.354. The quantitative estimate of drug-likeness (QED) is 0.582. The van der Waals surface area contributed by atoms with Gasteiger partial charge in [-0.25, -0.2) is 0 Å². The second kappa shape index (κ2) is 5.36. The molecule has 1 heteroatoms. The summed E-state index contributed by atoms with van der Waals surface area (Å²) < 4.78 is 0. The fourth-order valence-corrected chi connectivity index (χ4v) is 1.81. The van der Waals surface area contributed by atoms with Crippen molar-refractivity contribution in [3.05, 3.63) is 12.2 Å². The summed E-state index contributed by atoms with van der Waals surface area (Å²) in [6, 6.07) is 0. The smallest absolute Gasteiger partial charge is 0.00247 e. The van der Waals surface area contributed by atoms with E-state index in [4.69, 9.17) is 0 Å². The van der Waals surface area contributed by atoms with Gasteiger partial charge in [0.2, 0.25) is 0 Å². The van der Waals surface area contributed by atoms with E-state index in [0.717, 1.165) is 5.92 Å². The third kappa shape index (κ3) is 3.91. The van der Waals surface area contributed by atoms with Crippen LogP contribution in [-0.4, -0.2) is 25.5 Å². The Balaban J connectivity index is 2.03. The van der Waals surface area contributed by atoms with Gasteiger partial charge in [-0.2, -0.15) is 0 Å². The molecule has 1 nitrogen and oxygen atoms in total. The minimum Gasteiger partial charge on any atom is -0.309 e. The highest BCUT2D eigenvalue weighted by Gasteiger charge is 2.08. The summed E-state index contributed by atoms with van der Waals surface area (Å²) in [5.74, 6) is 0.981. The Bertz CT molecular complexity index is 138. The van der Waals surface area contributed by atoms with Crippen LogP contribution in [0.2, 0.25) is 0 Å². The second-order valence-corrected chi connectivity index (χ2v) is 4.10. The van der Waals surface area contributed by atoms with Gasteiger partial charge in [0, 0.05) is 0 Å². The van der Waals surface area contributed by atoms with E-state index in [0.29, 0.717) is 0 Å². The zero-order valence-electron chi connectivity index (χ0n) is 8.42. The monoisotopic (exact) mass is 167 g/mol. The van der Waals surface area contributed by atoms with E-state index in [1.165, 1.54) is 38.6 Å². The van der Waals surface area contributed by atoms with Crippen molar-refractivity contribution in [2.45, 2.75) is 32.1 Å². The summed E-state index contributed by atoms with van der Waals surface area (Å²) in [7, 11) is 4.31. The van der Waals surface area contributed by atoms with Crippen LogP contribution in [0.5, 0.6) is 0 Å². The van der Waals surface area contributed by atoms with E-state index < -0.39 is 0 Å². The van der Waals surface area contributed by atoms with E-state index >= 15 is 0 Å². The summed E-state index contributed by atoms with van der Waals surface area (Å²) in [5, 5.41) is 0. The summed E-state index contributed by atoms with van der Waals surface area (Å²) >= 11 is 0. The standard InChI is InChI=1S/C11H21N/c1-12(2)10-6-9-11-7-4-3-5-8-11/h3-4,11H,5-10H2,1-2H3. The van der Waals surface area contributed by atoms with Crippen LogP contribution < -0.4 is 0 Å². The van der Waals surface area contributed by atoms with Gasteiger partial charge in [-0.1, -0.05) is 12.2 Å². The van der Waals surface area contributed by atoms with Crippen LogP contribution in [-0.2, 0) is 0 Å². The van der Waals surface area contributed by atoms with Crippen molar-refractivity contribution in [1.82, 2.24) is 4.90 Å². The molecule has 0 aromatic heterocycles. The number of allylic oxidation sites excluding steroid dienone is 2. The fourth-order valence-electron chi connectivity index (χ4n) is 1.81. The van der Waals surface area contributed by atoms with Gasteiger partial charge in [0.1, 0.15) is 0 Å². The Morgan fingerprint density at radius 3 is 2.75 bits per heavy atom. The summed E-state index contributed by atoms with van der Waals surface area (Å²) in [5.41, 5.74) is 0. The van der Waals surface area contributed by atoms with E-state index in [9.17, 15) is 0 Å². The molecule has 0 radical (unpaired) electrons. The molecule has 1 rings (SSSR count). The third-order valence-corrected chi connectivity index (χ3v) is 2.60. The molecule has 0 aromatic rings. The zero-order valence-corrected chi connectivity index (χ0v) is 8.42. The van der Waals surface area contributed by atoms with E-state index in [1.54, 1.807) is 0 Å². The largest absolute Gasteiger partial charge is 0.309 e. The van der Waals surface area contributed by atoms with Crippen LogP contribution in [0, 0.1) is 5.92 Å². The summed E-state index contributed by atoms with van der Waals surface area (Å²) in [4.78, 5) is 2.28. The molecule has 0 aliphatic heterocycles. The molecule has 0 amide bonds. The van der Waals surface area contributed by atoms with Gasteiger partial charge >= 0.3 is 0 Å². The van der Waals surface area contributed by atoms with Gasteiger partial charge < -0.3 is 4.90 Å². The van der Waals surface area contributed by atoms with Crippen molar-refractivity contribution in [3.63, 3.8) is 0 Å². The van der Waals surface area contributed by atoms with Crippen molar-refractivity contribution >= 4 is 0 Å². The van der Waals surface area contributed by atoms with Crippen molar-refractivity contribution in [2.24, 2.45) is 5.92 Å². The molecule has 1 aliphatic rings. The predicted molar refractivity (Wildman–Crippen MR) is 54.3 cm³/mol. The molecule has 0 spiro atoms. The Morgan fingerprint density at radius 2 is 2.17 bits per heavy atom. The molecule has 0 saturated heterocycles. The lowest BCUT2D eigenvalue weighted by atomic mass is 9.90. The first-order valence-electron chi connectivity index (χ1n) is 5.09. The zero-order chi connectivity index (χ0) is 8.81. The van der Waals surface area contributed by atoms with Gasteiger partial charge in [-0.3, -0.25) is 0 Å². The van der Waals surface area contributed by atoms with Crippen LogP contribution in [0.25, 0.3) is 0 Å². The first-order valence-corrected chi connectivity index (χ1v) is 5.09. The molecule has 0 aromatic carbocycles. The molecule has 1 unspecified atom stereocenters. The van der Waals surface area contributed by atoms with Crippen LogP contribution in [0.15, 0.2) is 12.2 Å². The maximum Gasteiger partial charge on any atom is -0.00247 e. The Labute approximate surface area is 76.5 Å². The first kappa shape index (κ1) is 9.79. The molecule has 1 aliphatic carbocycles.